The van der Waals surface area contributed by atoms with E-state index in [1.807, 2.05) is 24.3 Å². The summed E-state index contributed by atoms with van der Waals surface area (Å²) >= 11 is 0. The molecule has 1 atom stereocenters. The molecule has 0 spiro atoms. The van der Waals surface area contributed by atoms with Gasteiger partial charge in [-0.05, 0) is 61.3 Å². The van der Waals surface area contributed by atoms with Crippen LogP contribution in [-0.2, 0) is 9.59 Å². The quantitative estimate of drug-likeness (QED) is 0.686. The summed E-state index contributed by atoms with van der Waals surface area (Å²) in [5.74, 6) is 1.04. The summed E-state index contributed by atoms with van der Waals surface area (Å²) in [6, 6.07) is 15.4. The number of benzene rings is 2. The Morgan fingerprint density at radius 1 is 1.03 bits per heavy atom. The van der Waals surface area contributed by atoms with Gasteiger partial charge in [-0.25, -0.2) is 0 Å². The van der Waals surface area contributed by atoms with Crippen LogP contribution in [0.5, 0.6) is 11.5 Å². The first-order chi connectivity index (χ1) is 14.5. The number of amides is 2. The summed E-state index contributed by atoms with van der Waals surface area (Å²) in [6.07, 6.45) is 2.15. The Hall–Kier alpha value is -3.06. The highest BCUT2D eigenvalue weighted by molar-refractivity contribution is 5.95. The third kappa shape index (κ3) is 5.30. The third-order valence-electron chi connectivity index (χ3n) is 5.47. The predicted molar refractivity (Wildman–Crippen MR) is 116 cm³/mol. The van der Waals surface area contributed by atoms with Gasteiger partial charge in [0.2, 0.25) is 11.8 Å². The molecule has 3 rings (SSSR count). The summed E-state index contributed by atoms with van der Waals surface area (Å²) in [6.45, 7) is 1.39. The Labute approximate surface area is 177 Å². The topological polar surface area (TPSA) is 85.1 Å². The monoisotopic (exact) mass is 411 g/mol. The molecule has 0 unspecified atom stereocenters. The van der Waals surface area contributed by atoms with E-state index >= 15 is 0 Å². The van der Waals surface area contributed by atoms with Crippen LogP contribution in [-0.4, -0.2) is 50.6 Å². The molecule has 1 heterocycles. The Morgan fingerprint density at radius 2 is 1.63 bits per heavy atom. The lowest BCUT2D eigenvalue weighted by Gasteiger charge is -2.29. The number of rotatable bonds is 9. The average Bonchev–Trinajstić information content (AvgIpc) is 3.22. The van der Waals surface area contributed by atoms with Crippen molar-refractivity contribution in [3.63, 3.8) is 0 Å². The molecule has 2 amide bonds. The molecule has 0 aliphatic carbocycles. The largest absolute Gasteiger partial charge is 0.497 e. The number of primary amides is 1. The van der Waals surface area contributed by atoms with E-state index in [9.17, 15) is 9.59 Å². The van der Waals surface area contributed by atoms with Crippen LogP contribution in [0.15, 0.2) is 48.5 Å². The molecule has 7 heteroatoms. The lowest BCUT2D eigenvalue weighted by molar-refractivity contribution is -0.120. The van der Waals surface area contributed by atoms with Gasteiger partial charge < -0.3 is 20.1 Å². The second kappa shape index (κ2) is 10.1. The van der Waals surface area contributed by atoms with Gasteiger partial charge in [0.1, 0.15) is 11.5 Å². The van der Waals surface area contributed by atoms with E-state index in [0.29, 0.717) is 5.75 Å². The minimum atomic E-state index is -0.432. The standard InChI is InChI=1S/C23H29N3O4/c1-29-19-9-5-17(6-10-19)21-4-3-14-25(21)16-23(28)26(15-13-22(24)27)18-7-11-20(30-2)12-8-18/h5-12,21H,3-4,13-16H2,1-2H3,(H2,24,27)/t21-/m1/s1. The lowest BCUT2D eigenvalue weighted by Crippen LogP contribution is -2.41. The molecule has 0 aromatic heterocycles. The van der Waals surface area contributed by atoms with Gasteiger partial charge in [-0.2, -0.15) is 0 Å². The van der Waals surface area contributed by atoms with Gasteiger partial charge in [-0.1, -0.05) is 12.1 Å². The number of methoxy groups -OCH3 is 2. The van der Waals surface area contributed by atoms with E-state index in [2.05, 4.69) is 17.0 Å². The number of nitrogens with two attached hydrogens (primary N) is 1. The van der Waals surface area contributed by atoms with E-state index in [4.69, 9.17) is 15.2 Å². The first kappa shape index (κ1) is 21.6. The number of carbonyl (C=O) groups excluding carboxylic acids is 2. The van der Waals surface area contributed by atoms with Crippen molar-refractivity contribution >= 4 is 17.5 Å². The first-order valence-corrected chi connectivity index (χ1v) is 10.1. The summed E-state index contributed by atoms with van der Waals surface area (Å²) in [5, 5.41) is 0. The van der Waals surface area contributed by atoms with E-state index in [0.717, 1.165) is 30.8 Å². The third-order valence-corrected chi connectivity index (χ3v) is 5.47. The molecule has 1 saturated heterocycles. The van der Waals surface area contributed by atoms with Crippen molar-refractivity contribution < 1.29 is 19.1 Å². The predicted octanol–water partition coefficient (Wildman–Crippen LogP) is 2.75. The van der Waals surface area contributed by atoms with Crippen molar-refractivity contribution in [3.8, 4) is 11.5 Å². The number of carbonyl (C=O) groups is 2. The van der Waals surface area contributed by atoms with E-state index in [1.165, 1.54) is 5.56 Å². The minimum Gasteiger partial charge on any atom is -0.497 e. The van der Waals surface area contributed by atoms with E-state index < -0.39 is 5.91 Å². The van der Waals surface area contributed by atoms with Crippen molar-refractivity contribution in [3.05, 3.63) is 54.1 Å². The second-order valence-electron chi connectivity index (χ2n) is 7.36. The molecule has 30 heavy (non-hydrogen) atoms. The fourth-order valence-corrected chi connectivity index (χ4v) is 3.86. The second-order valence-corrected chi connectivity index (χ2v) is 7.36. The molecule has 1 aliphatic rings. The Morgan fingerprint density at radius 3 is 2.20 bits per heavy atom. The molecule has 2 N–H and O–H groups in total. The molecular formula is C23H29N3O4. The number of nitrogens with zero attached hydrogens (tertiary/aromatic N) is 2. The number of ether oxygens (including phenoxy) is 2. The van der Waals surface area contributed by atoms with Crippen molar-refractivity contribution in [2.75, 3.05) is 38.8 Å². The van der Waals surface area contributed by atoms with Crippen LogP contribution in [0.3, 0.4) is 0 Å². The average molecular weight is 412 g/mol. The van der Waals surface area contributed by atoms with Gasteiger partial charge >= 0.3 is 0 Å². The van der Waals surface area contributed by atoms with Crippen molar-refractivity contribution in [2.45, 2.75) is 25.3 Å². The lowest BCUT2D eigenvalue weighted by atomic mass is 10.0. The Bertz CT molecular complexity index is 852. The fourth-order valence-electron chi connectivity index (χ4n) is 3.86. The van der Waals surface area contributed by atoms with Gasteiger partial charge in [0.05, 0.1) is 20.8 Å². The smallest absolute Gasteiger partial charge is 0.241 e. The zero-order valence-corrected chi connectivity index (χ0v) is 17.5. The summed E-state index contributed by atoms with van der Waals surface area (Å²) in [4.78, 5) is 28.4. The molecule has 7 nitrogen and oxygen atoms in total. The number of likely N-dealkylation sites (tertiary alicyclic amines) is 1. The van der Waals surface area contributed by atoms with Gasteiger partial charge in [-0.15, -0.1) is 0 Å². The van der Waals surface area contributed by atoms with Crippen LogP contribution in [0.4, 0.5) is 5.69 Å². The van der Waals surface area contributed by atoms with Gasteiger partial charge in [0.25, 0.3) is 0 Å². The van der Waals surface area contributed by atoms with E-state index in [-0.39, 0.29) is 31.5 Å². The molecule has 1 fully saturated rings. The highest BCUT2D eigenvalue weighted by atomic mass is 16.5. The molecule has 0 saturated carbocycles. The molecule has 160 valence electrons. The highest BCUT2D eigenvalue weighted by Gasteiger charge is 2.29. The number of hydrogen-bond donors (Lipinski definition) is 1. The Kier molecular flexibility index (Phi) is 7.30. The molecule has 1 aliphatic heterocycles. The molecule has 0 radical (unpaired) electrons. The van der Waals surface area contributed by atoms with Crippen LogP contribution in [0.1, 0.15) is 30.9 Å². The maximum absolute atomic E-state index is 13.2. The van der Waals surface area contributed by atoms with Crippen molar-refractivity contribution in [1.29, 1.82) is 0 Å². The summed E-state index contributed by atoms with van der Waals surface area (Å²) in [7, 11) is 3.24. The number of hydrogen-bond acceptors (Lipinski definition) is 5. The van der Waals surface area contributed by atoms with Gasteiger partial charge in [-0.3, -0.25) is 14.5 Å². The maximum Gasteiger partial charge on any atom is 0.241 e. The van der Waals surface area contributed by atoms with Gasteiger partial charge in [0.15, 0.2) is 0 Å². The van der Waals surface area contributed by atoms with Crippen LogP contribution < -0.4 is 20.1 Å². The van der Waals surface area contributed by atoms with Crippen LogP contribution in [0.2, 0.25) is 0 Å². The Balaban J connectivity index is 1.74. The number of anilines is 1. The molecule has 2 aromatic carbocycles. The molecule has 0 bridgehead atoms. The zero-order valence-electron chi connectivity index (χ0n) is 17.5. The van der Waals surface area contributed by atoms with E-state index in [1.54, 1.807) is 31.3 Å². The first-order valence-electron chi connectivity index (χ1n) is 10.1. The maximum atomic E-state index is 13.2. The van der Waals surface area contributed by atoms with Gasteiger partial charge in [0, 0.05) is 24.7 Å². The normalized spacial score (nSPS) is 16.3. The van der Waals surface area contributed by atoms with Crippen LogP contribution in [0, 0.1) is 0 Å². The molecule has 2 aromatic rings. The summed E-state index contributed by atoms with van der Waals surface area (Å²) < 4.78 is 10.4. The van der Waals surface area contributed by atoms with Crippen LogP contribution in [0.25, 0.3) is 0 Å². The van der Waals surface area contributed by atoms with Crippen LogP contribution >= 0.6 is 0 Å². The zero-order chi connectivity index (χ0) is 21.5. The highest BCUT2D eigenvalue weighted by Crippen LogP contribution is 2.33. The minimum absolute atomic E-state index is 0.0539. The van der Waals surface area contributed by atoms with Crippen molar-refractivity contribution in [1.82, 2.24) is 4.90 Å². The van der Waals surface area contributed by atoms with Crippen molar-refractivity contribution in [2.24, 2.45) is 5.73 Å². The SMILES string of the molecule is COc1ccc([C@H]2CCCN2CC(=O)N(CCC(N)=O)c2ccc(OC)cc2)cc1. The fraction of sp³-hybridized carbons (Fsp3) is 0.391. The molecular weight excluding hydrogens is 382 g/mol. The summed E-state index contributed by atoms with van der Waals surface area (Å²) in [5.41, 5.74) is 7.23.